The minimum Gasteiger partial charge on any atom is -0.461 e. The lowest BCUT2D eigenvalue weighted by molar-refractivity contribution is -0.178. The summed E-state index contributed by atoms with van der Waals surface area (Å²) in [6.07, 6.45) is 0.382. The van der Waals surface area contributed by atoms with Gasteiger partial charge in [-0.15, -0.1) is 11.3 Å². The Hall–Kier alpha value is -1.80. The lowest BCUT2D eigenvalue weighted by atomic mass is 10.1. The largest absolute Gasteiger partial charge is 0.461 e. The number of hydroxylamine groups is 2. The molecular weight excluding hydrogens is 328 g/mol. The molecule has 0 radical (unpaired) electrons. The van der Waals surface area contributed by atoms with Crippen LogP contribution in [0.3, 0.4) is 0 Å². The van der Waals surface area contributed by atoms with Gasteiger partial charge in [0.05, 0.1) is 19.3 Å². The minimum atomic E-state index is -0.410. The van der Waals surface area contributed by atoms with Gasteiger partial charge in [-0.1, -0.05) is 30.3 Å². The third-order valence-electron chi connectivity index (χ3n) is 3.79. The Morgan fingerprint density at radius 1 is 1.46 bits per heavy atom. The molecule has 0 spiro atoms. The number of aromatic nitrogens is 1. The number of ether oxygens (including phenoxy) is 1. The van der Waals surface area contributed by atoms with E-state index < -0.39 is 5.97 Å². The fourth-order valence-electron chi connectivity index (χ4n) is 2.66. The normalized spacial score (nSPS) is 21.1. The van der Waals surface area contributed by atoms with Crippen LogP contribution in [0.15, 0.2) is 35.7 Å². The van der Waals surface area contributed by atoms with E-state index in [4.69, 9.17) is 9.57 Å². The number of hydrogen-bond acceptors (Lipinski definition) is 7. The highest BCUT2D eigenvalue weighted by Crippen LogP contribution is 2.36. The third kappa shape index (κ3) is 3.81. The highest BCUT2D eigenvalue weighted by molar-refractivity contribution is 7.09. The number of aliphatic hydroxyl groups is 1. The third-order valence-corrected chi connectivity index (χ3v) is 4.74. The molecule has 0 unspecified atom stereocenters. The van der Waals surface area contributed by atoms with Crippen molar-refractivity contribution in [3.63, 3.8) is 0 Å². The topological polar surface area (TPSA) is 71.9 Å². The monoisotopic (exact) mass is 348 g/mol. The molecule has 24 heavy (non-hydrogen) atoms. The molecule has 1 N–H and O–H groups in total. The van der Waals surface area contributed by atoms with Gasteiger partial charge >= 0.3 is 5.97 Å². The lowest BCUT2D eigenvalue weighted by Crippen LogP contribution is -2.23. The van der Waals surface area contributed by atoms with E-state index in [1.807, 2.05) is 35.4 Å². The molecule has 2 aromatic rings. The number of rotatable bonds is 6. The zero-order valence-electron chi connectivity index (χ0n) is 13.4. The van der Waals surface area contributed by atoms with Crippen molar-refractivity contribution in [1.82, 2.24) is 10.0 Å². The van der Waals surface area contributed by atoms with E-state index in [0.717, 1.165) is 10.6 Å². The summed E-state index contributed by atoms with van der Waals surface area (Å²) in [6, 6.07) is 9.89. The molecule has 1 fully saturated rings. The summed E-state index contributed by atoms with van der Waals surface area (Å²) >= 11 is 1.41. The van der Waals surface area contributed by atoms with E-state index in [1.54, 1.807) is 12.3 Å². The van der Waals surface area contributed by atoms with E-state index in [9.17, 15) is 9.90 Å². The van der Waals surface area contributed by atoms with E-state index in [-0.39, 0.29) is 18.8 Å². The first-order chi connectivity index (χ1) is 11.7. The first-order valence-corrected chi connectivity index (χ1v) is 8.80. The Labute approximate surface area is 144 Å². The van der Waals surface area contributed by atoms with Crippen molar-refractivity contribution < 1.29 is 19.5 Å². The quantitative estimate of drug-likeness (QED) is 0.809. The van der Waals surface area contributed by atoms with Crippen LogP contribution in [0, 0.1) is 0 Å². The van der Waals surface area contributed by atoms with Crippen molar-refractivity contribution in [1.29, 1.82) is 0 Å². The number of carbonyl (C=O) groups excluding carboxylic acids is 1. The highest BCUT2D eigenvalue weighted by Gasteiger charge is 2.36. The van der Waals surface area contributed by atoms with E-state index >= 15 is 0 Å². The fraction of sp³-hybridized carbons (Fsp3) is 0.412. The summed E-state index contributed by atoms with van der Waals surface area (Å²) in [6.45, 7) is 2.64. The molecule has 2 atom stereocenters. The summed E-state index contributed by atoms with van der Waals surface area (Å²) in [7, 11) is 0. The van der Waals surface area contributed by atoms with Gasteiger partial charge in [-0.3, -0.25) is 4.84 Å². The van der Waals surface area contributed by atoms with Crippen LogP contribution >= 0.6 is 11.3 Å². The van der Waals surface area contributed by atoms with Gasteiger partial charge in [0.25, 0.3) is 0 Å². The summed E-state index contributed by atoms with van der Waals surface area (Å²) in [4.78, 5) is 22.0. The Morgan fingerprint density at radius 2 is 2.25 bits per heavy atom. The van der Waals surface area contributed by atoms with Crippen LogP contribution in [0.5, 0.6) is 0 Å². The number of benzene rings is 1. The van der Waals surface area contributed by atoms with Crippen molar-refractivity contribution in [2.75, 3.05) is 13.2 Å². The number of esters is 1. The molecule has 0 bridgehead atoms. The Balaban J connectivity index is 1.77. The predicted molar refractivity (Wildman–Crippen MR) is 89.4 cm³/mol. The van der Waals surface area contributed by atoms with Gasteiger partial charge in [-0.05, 0) is 12.5 Å². The maximum absolute atomic E-state index is 11.8. The Bertz CT molecular complexity index is 676. The number of carbonyl (C=O) groups is 1. The molecule has 1 aromatic carbocycles. The molecule has 0 amide bonds. The molecule has 0 aliphatic carbocycles. The second kappa shape index (κ2) is 7.85. The van der Waals surface area contributed by atoms with Crippen LogP contribution in [0.25, 0.3) is 0 Å². The molecule has 128 valence electrons. The number of hydrogen-bond donors (Lipinski definition) is 1. The summed E-state index contributed by atoms with van der Waals surface area (Å²) in [5.41, 5.74) is 1.44. The van der Waals surface area contributed by atoms with Crippen molar-refractivity contribution in [2.45, 2.75) is 32.0 Å². The Morgan fingerprint density at radius 3 is 2.96 bits per heavy atom. The van der Waals surface area contributed by atoms with Crippen LogP contribution in [0.1, 0.15) is 40.4 Å². The molecule has 6 nitrogen and oxygen atoms in total. The smallest absolute Gasteiger partial charge is 0.357 e. The predicted octanol–water partition coefficient (Wildman–Crippen LogP) is 2.56. The molecule has 1 saturated heterocycles. The average molecular weight is 348 g/mol. The zero-order valence-corrected chi connectivity index (χ0v) is 14.2. The van der Waals surface area contributed by atoms with Gasteiger partial charge < -0.3 is 9.84 Å². The number of aliphatic hydroxyl groups excluding tert-OH is 1. The molecule has 3 rings (SSSR count). The Kier molecular flexibility index (Phi) is 5.57. The molecule has 2 heterocycles. The summed E-state index contributed by atoms with van der Waals surface area (Å²) in [5, 5.41) is 13.8. The fourth-order valence-corrected chi connectivity index (χ4v) is 3.56. The van der Waals surface area contributed by atoms with Crippen LogP contribution in [0.2, 0.25) is 0 Å². The van der Waals surface area contributed by atoms with Crippen LogP contribution in [-0.4, -0.2) is 40.4 Å². The van der Waals surface area contributed by atoms with E-state index in [0.29, 0.717) is 25.3 Å². The average Bonchev–Trinajstić information content (AvgIpc) is 3.22. The molecule has 1 aliphatic rings. The van der Waals surface area contributed by atoms with Crippen molar-refractivity contribution in [3.8, 4) is 0 Å². The van der Waals surface area contributed by atoms with Crippen LogP contribution in [0.4, 0.5) is 0 Å². The molecular formula is C17H20N2O4S. The summed E-state index contributed by atoms with van der Waals surface area (Å²) in [5.74, 6) is -0.410. The zero-order chi connectivity index (χ0) is 16.9. The molecule has 7 heteroatoms. The van der Waals surface area contributed by atoms with Crippen molar-refractivity contribution >= 4 is 17.3 Å². The van der Waals surface area contributed by atoms with Gasteiger partial charge in [0.15, 0.2) is 5.69 Å². The van der Waals surface area contributed by atoms with Gasteiger partial charge in [0.2, 0.25) is 0 Å². The van der Waals surface area contributed by atoms with Crippen LogP contribution < -0.4 is 0 Å². The molecule has 0 saturated carbocycles. The number of thiazole rings is 1. The van der Waals surface area contributed by atoms with Gasteiger partial charge in [-0.2, -0.15) is 5.06 Å². The maximum Gasteiger partial charge on any atom is 0.357 e. The molecule has 1 aromatic heterocycles. The van der Waals surface area contributed by atoms with Gasteiger partial charge in [-0.25, -0.2) is 9.78 Å². The maximum atomic E-state index is 11.8. The highest BCUT2D eigenvalue weighted by atomic mass is 32.1. The van der Waals surface area contributed by atoms with Crippen molar-refractivity contribution in [3.05, 3.63) is 52.0 Å². The summed E-state index contributed by atoms with van der Waals surface area (Å²) < 4.78 is 4.99. The molecule has 1 aliphatic heterocycles. The SMILES string of the molecule is CCOC(=O)c1csc([C@@H]2C[C@H](CO)ON2Cc2ccccc2)n1. The lowest BCUT2D eigenvalue weighted by Gasteiger charge is -2.21. The van der Waals surface area contributed by atoms with Gasteiger partial charge in [0, 0.05) is 18.3 Å². The van der Waals surface area contributed by atoms with Crippen LogP contribution in [-0.2, 0) is 16.1 Å². The second-order valence-corrected chi connectivity index (χ2v) is 6.40. The number of nitrogens with zero attached hydrogens (tertiary/aromatic N) is 2. The van der Waals surface area contributed by atoms with E-state index in [1.165, 1.54) is 11.3 Å². The standard InChI is InChI=1S/C17H20N2O4S/c1-2-22-17(21)14-11-24-16(18-14)15-8-13(10-20)23-19(15)9-12-6-4-3-5-7-12/h3-7,11,13,15,20H,2,8-10H2,1H3/t13-,15+/m1/s1. The second-order valence-electron chi connectivity index (χ2n) is 5.51. The van der Waals surface area contributed by atoms with Crippen molar-refractivity contribution in [2.24, 2.45) is 0 Å². The van der Waals surface area contributed by atoms with Gasteiger partial charge in [0.1, 0.15) is 11.1 Å². The van der Waals surface area contributed by atoms with E-state index in [2.05, 4.69) is 4.98 Å². The first-order valence-electron chi connectivity index (χ1n) is 7.92. The minimum absolute atomic E-state index is 0.0438. The first kappa shape index (κ1) is 17.0.